The Kier molecular flexibility index (Phi) is 3.40. The molecule has 0 fully saturated rings. The average Bonchev–Trinajstić information content (AvgIpc) is 2.73. The largest absolute Gasteiger partial charge is 0.416 e. The predicted molar refractivity (Wildman–Crippen MR) is 62.4 cm³/mol. The fourth-order valence-electron chi connectivity index (χ4n) is 1.19. The number of aromatic nitrogens is 3. The van der Waals surface area contributed by atoms with Crippen LogP contribution in [0, 0.1) is 6.92 Å². The molecule has 16 heavy (non-hydrogen) atoms. The maximum absolute atomic E-state index is 5.26. The van der Waals surface area contributed by atoms with Crippen LogP contribution in [0.4, 0.5) is 5.69 Å². The summed E-state index contributed by atoms with van der Waals surface area (Å²) in [5.74, 6) is 1.30. The lowest BCUT2D eigenvalue weighted by molar-refractivity contribution is 0.429. The molecule has 0 amide bonds. The quantitative estimate of drug-likeness (QED) is 0.820. The van der Waals surface area contributed by atoms with Gasteiger partial charge in [-0.2, -0.15) is 0 Å². The Labute approximate surface area is 97.7 Å². The summed E-state index contributed by atoms with van der Waals surface area (Å²) in [4.78, 5) is 4.26. The number of thioether (sulfide) groups is 1. The topological polar surface area (TPSA) is 63.8 Å². The number of hydrogen-bond donors (Lipinski definition) is 1. The minimum Gasteiger partial charge on any atom is -0.416 e. The molecule has 2 aromatic rings. The molecule has 0 saturated heterocycles. The predicted octanol–water partition coefficient (Wildman–Crippen LogP) is 2.11. The van der Waals surface area contributed by atoms with Crippen LogP contribution in [-0.4, -0.2) is 22.2 Å². The molecule has 2 heterocycles. The Bertz CT molecular complexity index is 471. The third-order valence-corrected chi connectivity index (χ3v) is 2.81. The van der Waals surface area contributed by atoms with E-state index in [1.807, 2.05) is 19.2 Å². The second kappa shape index (κ2) is 4.98. The molecule has 0 aliphatic heterocycles. The lowest BCUT2D eigenvalue weighted by atomic mass is 10.3. The van der Waals surface area contributed by atoms with Gasteiger partial charge in [-0.25, -0.2) is 0 Å². The number of pyridine rings is 1. The molecule has 84 valence electrons. The summed E-state index contributed by atoms with van der Waals surface area (Å²) >= 11 is 1.48. The van der Waals surface area contributed by atoms with E-state index in [1.54, 1.807) is 13.1 Å². The lowest BCUT2D eigenvalue weighted by Crippen LogP contribution is -1.92. The van der Waals surface area contributed by atoms with E-state index < -0.39 is 0 Å². The molecule has 0 aliphatic rings. The van der Waals surface area contributed by atoms with Crippen LogP contribution in [0.1, 0.15) is 11.6 Å². The molecule has 0 radical (unpaired) electrons. The number of anilines is 1. The van der Waals surface area contributed by atoms with Gasteiger partial charge in [-0.15, -0.1) is 10.2 Å². The second-order valence-electron chi connectivity index (χ2n) is 3.16. The molecule has 6 heteroatoms. The fourth-order valence-corrected chi connectivity index (χ4v) is 1.89. The Morgan fingerprint density at radius 1 is 1.44 bits per heavy atom. The number of aryl methyl sites for hydroxylation is 1. The van der Waals surface area contributed by atoms with E-state index in [9.17, 15) is 0 Å². The van der Waals surface area contributed by atoms with E-state index in [0.29, 0.717) is 11.1 Å². The summed E-state index contributed by atoms with van der Waals surface area (Å²) in [5.41, 5.74) is 2.03. The number of hydrogen-bond acceptors (Lipinski definition) is 6. The first-order chi connectivity index (χ1) is 7.78. The van der Waals surface area contributed by atoms with E-state index in [2.05, 4.69) is 20.5 Å². The van der Waals surface area contributed by atoms with Crippen molar-refractivity contribution in [1.29, 1.82) is 0 Å². The van der Waals surface area contributed by atoms with Crippen LogP contribution in [0.25, 0.3) is 0 Å². The Balaban J connectivity index is 1.99. The van der Waals surface area contributed by atoms with E-state index >= 15 is 0 Å². The van der Waals surface area contributed by atoms with E-state index in [1.165, 1.54) is 11.8 Å². The highest BCUT2D eigenvalue weighted by atomic mass is 32.2. The van der Waals surface area contributed by atoms with Crippen LogP contribution >= 0.6 is 11.8 Å². The summed E-state index contributed by atoms with van der Waals surface area (Å²) in [5, 5.41) is 11.3. The van der Waals surface area contributed by atoms with Gasteiger partial charge < -0.3 is 9.73 Å². The Morgan fingerprint density at radius 2 is 2.31 bits per heavy atom. The van der Waals surface area contributed by atoms with Gasteiger partial charge in [0.2, 0.25) is 5.89 Å². The lowest BCUT2D eigenvalue weighted by Gasteiger charge is -2.01. The minimum atomic E-state index is 0.578. The summed E-state index contributed by atoms with van der Waals surface area (Å²) in [6.07, 6.45) is 1.78. The Hall–Kier alpha value is -1.56. The highest BCUT2D eigenvalue weighted by molar-refractivity contribution is 7.98. The summed E-state index contributed by atoms with van der Waals surface area (Å²) in [6.45, 7) is 1.77. The zero-order valence-corrected chi connectivity index (χ0v) is 9.91. The zero-order chi connectivity index (χ0) is 11.4. The van der Waals surface area contributed by atoms with Crippen molar-refractivity contribution in [3.05, 3.63) is 29.9 Å². The fraction of sp³-hybridized carbons (Fsp3) is 0.300. The molecule has 5 nitrogen and oxygen atoms in total. The van der Waals surface area contributed by atoms with Crippen molar-refractivity contribution >= 4 is 17.4 Å². The van der Waals surface area contributed by atoms with Crippen molar-refractivity contribution in [2.45, 2.75) is 17.9 Å². The average molecular weight is 236 g/mol. The number of nitrogens with one attached hydrogen (secondary N) is 1. The number of nitrogens with zero attached hydrogens (tertiary/aromatic N) is 3. The molecule has 0 unspecified atom stereocenters. The van der Waals surface area contributed by atoms with Crippen molar-refractivity contribution in [3.63, 3.8) is 0 Å². The third-order valence-electron chi connectivity index (χ3n) is 1.96. The van der Waals surface area contributed by atoms with Gasteiger partial charge >= 0.3 is 0 Å². The van der Waals surface area contributed by atoms with Crippen LogP contribution < -0.4 is 5.32 Å². The number of rotatable bonds is 4. The van der Waals surface area contributed by atoms with Crippen LogP contribution in [0.3, 0.4) is 0 Å². The van der Waals surface area contributed by atoms with Gasteiger partial charge in [0.25, 0.3) is 5.22 Å². The molecule has 0 spiro atoms. The molecular weight excluding hydrogens is 224 g/mol. The molecule has 0 saturated carbocycles. The van der Waals surface area contributed by atoms with Crippen LogP contribution in [0.5, 0.6) is 0 Å². The monoisotopic (exact) mass is 236 g/mol. The minimum absolute atomic E-state index is 0.578. The van der Waals surface area contributed by atoms with Gasteiger partial charge in [0.1, 0.15) is 0 Å². The smallest absolute Gasteiger partial charge is 0.276 e. The molecule has 0 atom stereocenters. The van der Waals surface area contributed by atoms with Gasteiger partial charge in [-0.3, -0.25) is 4.98 Å². The van der Waals surface area contributed by atoms with Crippen LogP contribution in [0.15, 0.2) is 28.0 Å². The highest BCUT2D eigenvalue weighted by Gasteiger charge is 2.04. The van der Waals surface area contributed by atoms with Gasteiger partial charge in [-0.05, 0) is 12.1 Å². The van der Waals surface area contributed by atoms with Crippen molar-refractivity contribution in [3.8, 4) is 0 Å². The van der Waals surface area contributed by atoms with Crippen LogP contribution in [0.2, 0.25) is 0 Å². The molecule has 0 aromatic carbocycles. The van der Waals surface area contributed by atoms with E-state index in [0.717, 1.165) is 17.1 Å². The first-order valence-corrected chi connectivity index (χ1v) is 5.82. The molecule has 0 aliphatic carbocycles. The van der Waals surface area contributed by atoms with Gasteiger partial charge in [0.05, 0.1) is 5.69 Å². The molecule has 2 rings (SSSR count). The first-order valence-electron chi connectivity index (χ1n) is 4.83. The summed E-state index contributed by atoms with van der Waals surface area (Å²) in [6, 6.07) is 3.92. The highest BCUT2D eigenvalue weighted by Crippen LogP contribution is 2.21. The molecular formula is C10H12N4OS. The van der Waals surface area contributed by atoms with Gasteiger partial charge in [0, 0.05) is 31.6 Å². The maximum Gasteiger partial charge on any atom is 0.276 e. The normalized spacial score (nSPS) is 10.4. The molecule has 1 N–H and O–H groups in total. The summed E-state index contributed by atoms with van der Waals surface area (Å²) in [7, 11) is 1.88. The standard InChI is InChI=1S/C10H12N4OS/c1-7-13-14-10(15-7)16-6-9-5-8(11-2)3-4-12-9/h3-5H,6H2,1-2H3,(H,11,12). The maximum atomic E-state index is 5.26. The Morgan fingerprint density at radius 3 is 3.00 bits per heavy atom. The first kappa shape index (κ1) is 10.9. The SMILES string of the molecule is CNc1ccnc(CSc2nnc(C)o2)c1. The van der Waals surface area contributed by atoms with Crippen LogP contribution in [-0.2, 0) is 5.75 Å². The van der Waals surface area contributed by atoms with E-state index in [-0.39, 0.29) is 0 Å². The van der Waals surface area contributed by atoms with Crippen molar-refractivity contribution in [2.24, 2.45) is 0 Å². The van der Waals surface area contributed by atoms with Crippen molar-refractivity contribution in [1.82, 2.24) is 15.2 Å². The van der Waals surface area contributed by atoms with Crippen molar-refractivity contribution in [2.75, 3.05) is 12.4 Å². The zero-order valence-electron chi connectivity index (χ0n) is 9.10. The molecule has 0 bridgehead atoms. The summed E-state index contributed by atoms with van der Waals surface area (Å²) < 4.78 is 5.26. The molecule has 2 aromatic heterocycles. The van der Waals surface area contributed by atoms with E-state index in [4.69, 9.17) is 4.42 Å². The van der Waals surface area contributed by atoms with Gasteiger partial charge in [-0.1, -0.05) is 11.8 Å². The van der Waals surface area contributed by atoms with Gasteiger partial charge in [0.15, 0.2) is 0 Å². The van der Waals surface area contributed by atoms with Crippen molar-refractivity contribution < 1.29 is 4.42 Å². The third kappa shape index (κ3) is 2.73. The second-order valence-corrected chi connectivity index (χ2v) is 4.09.